The lowest BCUT2D eigenvalue weighted by atomic mass is 10.0. The zero-order valence-corrected chi connectivity index (χ0v) is 28.0. The van der Waals surface area contributed by atoms with Crippen molar-refractivity contribution in [2.45, 2.75) is 51.6 Å². The lowest BCUT2D eigenvalue weighted by molar-refractivity contribution is -0.140. The largest absolute Gasteiger partial charge is 0.495 e. The molecule has 0 radical (unpaired) electrons. The van der Waals surface area contributed by atoms with Crippen molar-refractivity contribution in [3.8, 4) is 5.75 Å². The molecule has 0 heterocycles. The first-order valence-electron chi connectivity index (χ1n) is 15.4. The zero-order chi connectivity index (χ0) is 33.3. The van der Waals surface area contributed by atoms with E-state index in [1.807, 2.05) is 88.4 Å². The number of anilines is 1. The van der Waals surface area contributed by atoms with Crippen LogP contribution in [0.4, 0.5) is 5.69 Å². The molecular formula is C37H43N3O5S. The Morgan fingerprint density at radius 3 is 2.11 bits per heavy atom. The summed E-state index contributed by atoms with van der Waals surface area (Å²) in [5.74, 6) is -0.321. The van der Waals surface area contributed by atoms with Crippen LogP contribution in [0.5, 0.6) is 5.75 Å². The summed E-state index contributed by atoms with van der Waals surface area (Å²) >= 11 is 0. The highest BCUT2D eigenvalue weighted by Gasteiger charge is 2.35. The third kappa shape index (κ3) is 8.54. The van der Waals surface area contributed by atoms with Crippen LogP contribution in [0.15, 0.2) is 108 Å². The van der Waals surface area contributed by atoms with Gasteiger partial charge < -0.3 is 15.0 Å². The molecule has 1 N–H and O–H groups in total. The Balaban J connectivity index is 1.85. The normalized spacial score (nSPS) is 12.0. The van der Waals surface area contributed by atoms with Gasteiger partial charge in [0.25, 0.3) is 10.0 Å². The summed E-state index contributed by atoms with van der Waals surface area (Å²) < 4.78 is 35.2. The number of carbonyl (C=O) groups is 2. The third-order valence-electron chi connectivity index (χ3n) is 7.77. The topological polar surface area (TPSA) is 96.0 Å². The van der Waals surface area contributed by atoms with Gasteiger partial charge >= 0.3 is 0 Å². The van der Waals surface area contributed by atoms with E-state index in [0.717, 1.165) is 26.6 Å². The molecule has 0 fully saturated rings. The lowest BCUT2D eigenvalue weighted by Crippen LogP contribution is -2.53. The van der Waals surface area contributed by atoms with Gasteiger partial charge in [-0.15, -0.1) is 0 Å². The molecule has 0 bridgehead atoms. The van der Waals surface area contributed by atoms with Crippen LogP contribution in [0.1, 0.15) is 36.1 Å². The minimum absolute atomic E-state index is 0.0346. The van der Waals surface area contributed by atoms with E-state index in [4.69, 9.17) is 4.74 Å². The summed E-state index contributed by atoms with van der Waals surface area (Å²) in [6.45, 7) is 7.80. The molecule has 0 aliphatic carbocycles. The lowest BCUT2D eigenvalue weighted by Gasteiger charge is -2.34. The quantitative estimate of drug-likeness (QED) is 0.185. The second-order valence-electron chi connectivity index (χ2n) is 11.8. The Bertz CT molecular complexity index is 1730. The van der Waals surface area contributed by atoms with E-state index in [2.05, 4.69) is 5.32 Å². The highest BCUT2D eigenvalue weighted by atomic mass is 32.2. The van der Waals surface area contributed by atoms with Crippen molar-refractivity contribution >= 4 is 27.5 Å². The Morgan fingerprint density at radius 2 is 1.48 bits per heavy atom. The highest BCUT2D eigenvalue weighted by molar-refractivity contribution is 7.92. The number of hydrogen-bond donors (Lipinski definition) is 1. The van der Waals surface area contributed by atoms with Gasteiger partial charge in [0.1, 0.15) is 18.3 Å². The molecule has 4 aromatic rings. The van der Waals surface area contributed by atoms with Crippen LogP contribution >= 0.6 is 0 Å². The monoisotopic (exact) mass is 641 g/mol. The SMILES string of the molecule is COc1ccc(C)cc1N(CC(=O)N(Cc1ccccc1C)[C@H](Cc1ccccc1)C(=O)NCC(C)C)S(=O)(=O)c1ccccc1. The predicted octanol–water partition coefficient (Wildman–Crippen LogP) is 5.92. The molecule has 9 heteroatoms. The van der Waals surface area contributed by atoms with Crippen LogP contribution in [0, 0.1) is 19.8 Å². The van der Waals surface area contributed by atoms with E-state index in [9.17, 15) is 18.0 Å². The van der Waals surface area contributed by atoms with E-state index >= 15 is 0 Å². The van der Waals surface area contributed by atoms with Crippen LogP contribution in [0.2, 0.25) is 0 Å². The number of ether oxygens (including phenoxy) is 1. The van der Waals surface area contributed by atoms with Crippen LogP contribution in [-0.4, -0.2) is 51.4 Å². The molecule has 242 valence electrons. The molecule has 4 aromatic carbocycles. The second-order valence-corrected chi connectivity index (χ2v) is 13.7. The maximum absolute atomic E-state index is 14.7. The van der Waals surface area contributed by atoms with E-state index in [1.54, 1.807) is 30.3 Å². The summed E-state index contributed by atoms with van der Waals surface area (Å²) in [5.41, 5.74) is 3.72. The van der Waals surface area contributed by atoms with Crippen molar-refractivity contribution in [2.24, 2.45) is 5.92 Å². The Kier molecular flexibility index (Phi) is 11.6. The van der Waals surface area contributed by atoms with Crippen molar-refractivity contribution in [2.75, 3.05) is 24.5 Å². The maximum Gasteiger partial charge on any atom is 0.264 e. The first-order valence-corrected chi connectivity index (χ1v) is 16.8. The maximum atomic E-state index is 14.7. The van der Waals surface area contributed by atoms with E-state index < -0.39 is 28.5 Å². The van der Waals surface area contributed by atoms with Gasteiger partial charge in [-0.1, -0.05) is 92.7 Å². The summed E-state index contributed by atoms with van der Waals surface area (Å²) in [5, 5.41) is 3.02. The fraction of sp³-hybridized carbons (Fsp3) is 0.297. The van der Waals surface area contributed by atoms with Crippen LogP contribution in [0.25, 0.3) is 0 Å². The standard InChI is InChI=1S/C37H43N3O5S/c1-27(2)24-38-37(42)34(23-30-15-8-6-9-16-30)39(25-31-17-13-12-14-29(31)4)36(41)26-40(33-22-28(3)20-21-35(33)45-5)46(43,44)32-18-10-7-11-19-32/h6-22,27,34H,23-26H2,1-5H3,(H,38,42)/t34-/m1/s1. The summed E-state index contributed by atoms with van der Waals surface area (Å²) in [7, 11) is -2.77. The van der Waals surface area contributed by atoms with Crippen molar-refractivity contribution in [3.05, 3.63) is 125 Å². The van der Waals surface area contributed by atoms with Gasteiger partial charge in [-0.3, -0.25) is 13.9 Å². The number of amides is 2. The summed E-state index contributed by atoms with van der Waals surface area (Å²) in [4.78, 5) is 30.2. The molecule has 1 atom stereocenters. The average Bonchev–Trinajstić information content (AvgIpc) is 3.05. The number of nitrogens with one attached hydrogen (secondary N) is 1. The molecule has 0 unspecified atom stereocenters. The minimum atomic E-state index is -4.23. The minimum Gasteiger partial charge on any atom is -0.495 e. The van der Waals surface area contributed by atoms with Crippen LogP contribution in [-0.2, 0) is 32.6 Å². The number of methoxy groups -OCH3 is 1. The second kappa shape index (κ2) is 15.6. The van der Waals surface area contributed by atoms with Gasteiger partial charge in [-0.05, 0) is 66.3 Å². The van der Waals surface area contributed by atoms with Crippen LogP contribution < -0.4 is 14.4 Å². The Morgan fingerprint density at radius 1 is 0.848 bits per heavy atom. The van der Waals surface area contributed by atoms with E-state index in [-0.39, 0.29) is 35.4 Å². The smallest absolute Gasteiger partial charge is 0.264 e. The van der Waals surface area contributed by atoms with Gasteiger partial charge in [0.2, 0.25) is 11.8 Å². The van der Waals surface area contributed by atoms with Gasteiger partial charge in [-0.2, -0.15) is 0 Å². The fourth-order valence-electron chi connectivity index (χ4n) is 5.18. The number of carbonyl (C=O) groups excluding carboxylic acids is 2. The number of nitrogens with zero attached hydrogens (tertiary/aromatic N) is 2. The Hall–Kier alpha value is -4.63. The molecule has 8 nitrogen and oxygen atoms in total. The number of hydrogen-bond acceptors (Lipinski definition) is 5. The highest BCUT2D eigenvalue weighted by Crippen LogP contribution is 2.34. The molecule has 0 saturated carbocycles. The van der Waals surface area contributed by atoms with Crippen LogP contribution in [0.3, 0.4) is 0 Å². The third-order valence-corrected chi connectivity index (χ3v) is 9.54. The average molecular weight is 642 g/mol. The van der Waals surface area contributed by atoms with E-state index in [1.165, 1.54) is 24.1 Å². The molecule has 0 aliphatic heterocycles. The zero-order valence-electron chi connectivity index (χ0n) is 27.1. The number of rotatable bonds is 14. The van der Waals surface area contributed by atoms with Gasteiger partial charge in [0.15, 0.2) is 0 Å². The molecular weight excluding hydrogens is 598 g/mol. The fourth-order valence-corrected chi connectivity index (χ4v) is 6.61. The Labute approximate surface area is 273 Å². The van der Waals surface area contributed by atoms with Gasteiger partial charge in [0.05, 0.1) is 17.7 Å². The molecule has 0 aliphatic rings. The molecule has 0 saturated heterocycles. The van der Waals surface area contributed by atoms with Crippen molar-refractivity contribution in [1.29, 1.82) is 0 Å². The van der Waals surface area contributed by atoms with Gasteiger partial charge in [-0.25, -0.2) is 8.42 Å². The molecule has 4 rings (SSSR count). The van der Waals surface area contributed by atoms with Gasteiger partial charge in [0, 0.05) is 19.5 Å². The molecule has 46 heavy (non-hydrogen) atoms. The summed E-state index contributed by atoms with van der Waals surface area (Å²) in [6.07, 6.45) is 0.252. The van der Waals surface area contributed by atoms with Crippen molar-refractivity contribution in [1.82, 2.24) is 10.2 Å². The summed E-state index contributed by atoms with van der Waals surface area (Å²) in [6, 6.07) is 29.5. The number of benzene rings is 4. The number of sulfonamides is 1. The molecule has 0 spiro atoms. The van der Waals surface area contributed by atoms with Crippen molar-refractivity contribution in [3.63, 3.8) is 0 Å². The molecule has 2 amide bonds. The van der Waals surface area contributed by atoms with E-state index in [0.29, 0.717) is 12.3 Å². The first-order chi connectivity index (χ1) is 22.0. The molecule has 0 aromatic heterocycles. The first kappa shape index (κ1) is 34.2. The van der Waals surface area contributed by atoms with Crippen molar-refractivity contribution < 1.29 is 22.7 Å². The number of aryl methyl sites for hydroxylation is 2. The predicted molar refractivity (Wildman–Crippen MR) is 182 cm³/mol.